The lowest BCUT2D eigenvalue weighted by Crippen LogP contribution is -2.33. The number of rotatable bonds is 5. The fourth-order valence-electron chi connectivity index (χ4n) is 2.16. The second-order valence-electron chi connectivity index (χ2n) is 5.50. The second kappa shape index (κ2) is 7.32. The molecule has 0 aromatic heterocycles. The van der Waals surface area contributed by atoms with E-state index in [9.17, 15) is 4.79 Å². The molecule has 0 spiro atoms. The summed E-state index contributed by atoms with van der Waals surface area (Å²) in [6, 6.07) is 13.8. The number of benzene rings is 2. The van der Waals surface area contributed by atoms with E-state index in [-0.39, 0.29) is 5.91 Å². The maximum Gasteiger partial charge on any atom is 0.252 e. The summed E-state index contributed by atoms with van der Waals surface area (Å²) in [4.78, 5) is 14.2. The predicted octanol–water partition coefficient (Wildman–Crippen LogP) is 3.82. The Hall–Kier alpha value is -2.00. The molecule has 1 N–H and O–H groups in total. The summed E-state index contributed by atoms with van der Waals surface area (Å²) < 4.78 is 0. The molecular weight excluding hydrogens is 296 g/mol. The van der Waals surface area contributed by atoms with Gasteiger partial charge in [0.25, 0.3) is 5.91 Å². The molecule has 0 fully saturated rings. The molecular formula is C18H21ClN2O. The first-order valence-electron chi connectivity index (χ1n) is 7.29. The number of hydrogen-bond acceptors (Lipinski definition) is 2. The molecule has 0 radical (unpaired) electrons. The summed E-state index contributed by atoms with van der Waals surface area (Å²) >= 11 is 6.11. The molecule has 1 amide bonds. The van der Waals surface area contributed by atoms with Gasteiger partial charge in [-0.1, -0.05) is 35.4 Å². The van der Waals surface area contributed by atoms with Gasteiger partial charge < -0.3 is 10.2 Å². The second-order valence-corrected chi connectivity index (χ2v) is 5.90. The summed E-state index contributed by atoms with van der Waals surface area (Å²) in [5, 5.41) is 3.40. The number of carbonyl (C=O) groups excluding carboxylic acids is 1. The largest absolute Gasteiger partial charge is 0.373 e. The number of halogens is 1. The first-order chi connectivity index (χ1) is 10.5. The Labute approximate surface area is 136 Å². The first-order valence-corrected chi connectivity index (χ1v) is 7.67. The molecule has 116 valence electrons. The Morgan fingerprint density at radius 1 is 1.09 bits per heavy atom. The Morgan fingerprint density at radius 2 is 1.73 bits per heavy atom. The summed E-state index contributed by atoms with van der Waals surface area (Å²) in [5.74, 6) is -0.137. The highest BCUT2D eigenvalue weighted by molar-refractivity contribution is 6.33. The van der Waals surface area contributed by atoms with E-state index in [1.165, 1.54) is 5.56 Å². The molecule has 0 bridgehead atoms. The van der Waals surface area contributed by atoms with Crippen molar-refractivity contribution in [3.63, 3.8) is 0 Å². The number of anilines is 1. The molecule has 0 aliphatic rings. The molecule has 0 aliphatic carbocycles. The van der Waals surface area contributed by atoms with Crippen molar-refractivity contribution in [1.82, 2.24) is 5.32 Å². The summed E-state index contributed by atoms with van der Waals surface area (Å²) in [6.45, 7) is 5.31. The van der Waals surface area contributed by atoms with Crippen molar-refractivity contribution >= 4 is 23.2 Å². The lowest BCUT2D eigenvalue weighted by atomic mass is 10.1. The monoisotopic (exact) mass is 316 g/mol. The van der Waals surface area contributed by atoms with E-state index in [0.29, 0.717) is 17.1 Å². The van der Waals surface area contributed by atoms with E-state index < -0.39 is 0 Å². The Bertz CT molecular complexity index is 653. The molecule has 4 heteroatoms. The van der Waals surface area contributed by atoms with Crippen molar-refractivity contribution in [2.45, 2.75) is 13.8 Å². The minimum Gasteiger partial charge on any atom is -0.373 e. The van der Waals surface area contributed by atoms with Crippen LogP contribution in [0.25, 0.3) is 0 Å². The number of amides is 1. The molecule has 22 heavy (non-hydrogen) atoms. The highest BCUT2D eigenvalue weighted by Gasteiger charge is 2.10. The van der Waals surface area contributed by atoms with Gasteiger partial charge in [-0.3, -0.25) is 4.79 Å². The van der Waals surface area contributed by atoms with E-state index in [0.717, 1.165) is 17.8 Å². The Balaban J connectivity index is 1.87. The number of nitrogens with zero attached hydrogens (tertiary/aromatic N) is 1. The number of hydrogen-bond donors (Lipinski definition) is 1. The number of nitrogens with one attached hydrogen (secondary N) is 1. The maximum absolute atomic E-state index is 12.1. The van der Waals surface area contributed by atoms with E-state index in [1.54, 1.807) is 12.1 Å². The molecule has 0 unspecified atom stereocenters. The summed E-state index contributed by atoms with van der Waals surface area (Å²) in [5.41, 5.74) is 3.93. The maximum atomic E-state index is 12.1. The molecule has 0 atom stereocenters. The SMILES string of the molecule is Cc1ccc(N(C)CCNC(=O)c2ccc(C)cc2Cl)cc1. The van der Waals surface area contributed by atoms with Crippen molar-refractivity contribution in [2.24, 2.45) is 0 Å². The molecule has 0 aliphatic heterocycles. The average molecular weight is 317 g/mol. The van der Waals surface area contributed by atoms with Crippen molar-refractivity contribution < 1.29 is 4.79 Å². The molecule has 0 saturated carbocycles. The van der Waals surface area contributed by atoms with E-state index in [2.05, 4.69) is 41.4 Å². The van der Waals surface area contributed by atoms with Crippen molar-refractivity contribution in [3.8, 4) is 0 Å². The molecule has 0 heterocycles. The fraction of sp³-hybridized carbons (Fsp3) is 0.278. The Kier molecular flexibility index (Phi) is 5.45. The first kappa shape index (κ1) is 16.4. The zero-order valence-electron chi connectivity index (χ0n) is 13.2. The highest BCUT2D eigenvalue weighted by atomic mass is 35.5. The number of aryl methyl sites for hydroxylation is 2. The van der Waals surface area contributed by atoms with Gasteiger partial charge in [0.15, 0.2) is 0 Å². The van der Waals surface area contributed by atoms with E-state index in [1.807, 2.05) is 20.0 Å². The summed E-state index contributed by atoms with van der Waals surface area (Å²) in [7, 11) is 2.01. The van der Waals surface area contributed by atoms with Gasteiger partial charge in [-0.15, -0.1) is 0 Å². The molecule has 2 aromatic rings. The van der Waals surface area contributed by atoms with Gasteiger partial charge in [-0.25, -0.2) is 0 Å². The van der Waals surface area contributed by atoms with Crippen LogP contribution in [0.1, 0.15) is 21.5 Å². The van der Waals surface area contributed by atoms with Crippen LogP contribution in [0.15, 0.2) is 42.5 Å². The molecule has 2 aromatic carbocycles. The van der Waals surface area contributed by atoms with Crippen LogP contribution >= 0.6 is 11.6 Å². The lowest BCUT2D eigenvalue weighted by Gasteiger charge is -2.19. The van der Waals surface area contributed by atoms with Crippen molar-refractivity contribution in [1.29, 1.82) is 0 Å². The molecule has 3 nitrogen and oxygen atoms in total. The zero-order valence-corrected chi connectivity index (χ0v) is 13.9. The topological polar surface area (TPSA) is 32.3 Å². The van der Waals surface area contributed by atoms with Gasteiger partial charge in [0, 0.05) is 25.8 Å². The van der Waals surface area contributed by atoms with Crippen LogP contribution in [0.2, 0.25) is 5.02 Å². The fourth-order valence-corrected chi connectivity index (χ4v) is 2.49. The van der Waals surface area contributed by atoms with E-state index >= 15 is 0 Å². The zero-order chi connectivity index (χ0) is 16.1. The van der Waals surface area contributed by atoms with Crippen LogP contribution in [0, 0.1) is 13.8 Å². The van der Waals surface area contributed by atoms with Gasteiger partial charge in [0.1, 0.15) is 0 Å². The van der Waals surface area contributed by atoms with Crippen LogP contribution in [0.3, 0.4) is 0 Å². The van der Waals surface area contributed by atoms with Gasteiger partial charge >= 0.3 is 0 Å². The molecule has 2 rings (SSSR count). The van der Waals surface area contributed by atoms with Gasteiger partial charge in [0.2, 0.25) is 0 Å². The predicted molar refractivity (Wildman–Crippen MR) is 93.0 cm³/mol. The highest BCUT2D eigenvalue weighted by Crippen LogP contribution is 2.17. The summed E-state index contributed by atoms with van der Waals surface area (Å²) in [6.07, 6.45) is 0. The van der Waals surface area contributed by atoms with Crippen LogP contribution in [-0.4, -0.2) is 26.0 Å². The third-order valence-electron chi connectivity index (χ3n) is 3.58. The quantitative estimate of drug-likeness (QED) is 0.909. The third-order valence-corrected chi connectivity index (χ3v) is 3.89. The van der Waals surface area contributed by atoms with Crippen LogP contribution in [-0.2, 0) is 0 Å². The third kappa shape index (κ3) is 4.25. The van der Waals surface area contributed by atoms with Crippen molar-refractivity contribution in [2.75, 3.05) is 25.0 Å². The average Bonchev–Trinajstić information content (AvgIpc) is 2.47. The molecule has 0 saturated heterocycles. The van der Waals surface area contributed by atoms with Gasteiger partial charge in [-0.2, -0.15) is 0 Å². The lowest BCUT2D eigenvalue weighted by molar-refractivity contribution is 0.0955. The van der Waals surface area contributed by atoms with E-state index in [4.69, 9.17) is 11.6 Å². The van der Waals surface area contributed by atoms with Crippen molar-refractivity contribution in [3.05, 3.63) is 64.2 Å². The van der Waals surface area contributed by atoms with Crippen LogP contribution in [0.5, 0.6) is 0 Å². The normalized spacial score (nSPS) is 10.4. The standard InChI is InChI=1S/C18H21ClN2O/c1-13-4-7-15(8-5-13)21(3)11-10-20-18(22)16-9-6-14(2)12-17(16)19/h4-9,12H,10-11H2,1-3H3,(H,20,22). The smallest absolute Gasteiger partial charge is 0.252 e. The van der Waals surface area contributed by atoms with Crippen LogP contribution < -0.4 is 10.2 Å². The van der Waals surface area contributed by atoms with Gasteiger partial charge in [-0.05, 0) is 43.7 Å². The number of likely N-dealkylation sites (N-methyl/N-ethyl adjacent to an activating group) is 1. The van der Waals surface area contributed by atoms with Gasteiger partial charge in [0.05, 0.1) is 10.6 Å². The number of carbonyl (C=O) groups is 1. The minimum absolute atomic E-state index is 0.137. The minimum atomic E-state index is -0.137. The van der Waals surface area contributed by atoms with Crippen LogP contribution in [0.4, 0.5) is 5.69 Å². The Morgan fingerprint density at radius 3 is 2.36 bits per heavy atom.